The van der Waals surface area contributed by atoms with Gasteiger partial charge in [-0.05, 0) is 13.8 Å². The van der Waals surface area contributed by atoms with Crippen LogP contribution in [0, 0.1) is 0 Å². The van der Waals surface area contributed by atoms with Crippen LogP contribution >= 0.6 is 11.6 Å². The Balaban J connectivity index is 1.77. The van der Waals surface area contributed by atoms with Gasteiger partial charge in [0.25, 0.3) is 0 Å². The third kappa shape index (κ3) is 2.03. The molecule has 1 N–H and O–H groups in total. The number of nitrogens with zero attached hydrogens (tertiary/aromatic N) is 4. The Hall–Kier alpha value is -1.32. The zero-order chi connectivity index (χ0) is 15.5. The summed E-state index contributed by atoms with van der Waals surface area (Å²) in [5, 5.41) is 9.80. The highest BCUT2D eigenvalue weighted by molar-refractivity contribution is 6.33. The van der Waals surface area contributed by atoms with Crippen LogP contribution in [-0.2, 0) is 14.2 Å². The lowest BCUT2D eigenvalue weighted by atomic mass is 10.1. The quantitative estimate of drug-likeness (QED) is 0.819. The van der Waals surface area contributed by atoms with Gasteiger partial charge in [-0.1, -0.05) is 11.6 Å². The van der Waals surface area contributed by atoms with Gasteiger partial charge >= 0.3 is 0 Å². The number of imidazole rings is 1. The fraction of sp³-hybridized carbons (Fsp3) is 0.615. The molecule has 2 aromatic rings. The molecule has 9 heteroatoms. The van der Waals surface area contributed by atoms with E-state index in [-0.39, 0.29) is 24.0 Å². The van der Waals surface area contributed by atoms with Crippen LogP contribution in [-0.4, -0.2) is 55.3 Å². The summed E-state index contributed by atoms with van der Waals surface area (Å²) in [7, 11) is 0. The minimum atomic E-state index is -0.728. The van der Waals surface area contributed by atoms with E-state index in [1.165, 1.54) is 6.33 Å². The zero-order valence-electron chi connectivity index (χ0n) is 12.0. The number of ether oxygens (including phenoxy) is 3. The van der Waals surface area contributed by atoms with Gasteiger partial charge in [-0.15, -0.1) is 0 Å². The predicted octanol–water partition coefficient (Wildman–Crippen LogP) is 0.889. The number of hydrogen-bond donors (Lipinski definition) is 1. The number of fused-ring (bicyclic) bond motifs is 2. The van der Waals surface area contributed by atoms with E-state index in [0.717, 1.165) is 0 Å². The summed E-state index contributed by atoms with van der Waals surface area (Å²) in [6.45, 7) is 3.52. The molecule has 4 atom stereocenters. The molecule has 0 amide bonds. The summed E-state index contributed by atoms with van der Waals surface area (Å²) in [6, 6.07) is 0. The van der Waals surface area contributed by atoms with Crippen LogP contribution in [0.3, 0.4) is 0 Å². The first-order valence-corrected chi connectivity index (χ1v) is 7.33. The van der Waals surface area contributed by atoms with Crippen LogP contribution in [0.4, 0.5) is 0 Å². The number of aromatic nitrogens is 4. The lowest BCUT2D eigenvalue weighted by Crippen LogP contribution is -2.31. The Bertz CT molecular complexity index is 721. The zero-order valence-corrected chi connectivity index (χ0v) is 12.8. The van der Waals surface area contributed by atoms with Gasteiger partial charge in [-0.2, -0.15) is 0 Å². The number of halogens is 1. The minimum Gasteiger partial charge on any atom is -0.394 e. The van der Waals surface area contributed by atoms with Gasteiger partial charge in [-0.25, -0.2) is 15.0 Å². The van der Waals surface area contributed by atoms with Gasteiger partial charge in [0.05, 0.1) is 12.9 Å². The van der Waals surface area contributed by atoms with Crippen molar-refractivity contribution in [2.45, 2.75) is 44.2 Å². The molecular weight excluding hydrogens is 312 g/mol. The van der Waals surface area contributed by atoms with Crippen molar-refractivity contribution in [2.75, 3.05) is 6.61 Å². The maximum atomic E-state index is 9.52. The molecule has 2 fully saturated rings. The number of aliphatic hydroxyl groups is 1. The first-order chi connectivity index (χ1) is 10.5. The molecule has 8 nitrogen and oxygen atoms in total. The third-order valence-corrected chi connectivity index (χ3v) is 4.17. The molecular formula is C13H15ClN4O4. The van der Waals surface area contributed by atoms with Crippen molar-refractivity contribution in [3.05, 3.63) is 17.8 Å². The molecule has 4 rings (SSSR count). The Morgan fingerprint density at radius 1 is 1.27 bits per heavy atom. The molecule has 0 aromatic carbocycles. The molecule has 0 aliphatic carbocycles. The normalized spacial score (nSPS) is 33.5. The molecule has 118 valence electrons. The minimum absolute atomic E-state index is 0.153. The fourth-order valence-electron chi connectivity index (χ4n) is 3.04. The first kappa shape index (κ1) is 14.3. The van der Waals surface area contributed by atoms with Crippen molar-refractivity contribution < 1.29 is 19.3 Å². The second kappa shape index (κ2) is 4.84. The van der Waals surface area contributed by atoms with Crippen LogP contribution in [0.2, 0.25) is 5.15 Å². The standard InChI is InChI=1S/C13H15ClN4O4/c1-13(2)21-8-6(3-19)20-12(9(8)22-13)18-5-17-7-10(14)15-4-16-11(7)18/h4-6,8-9,12,19H,3H2,1-2H3/t6-,8-,9+,12-/m1/s1. The fourth-order valence-corrected chi connectivity index (χ4v) is 3.22. The summed E-state index contributed by atoms with van der Waals surface area (Å²) >= 11 is 6.03. The first-order valence-electron chi connectivity index (χ1n) is 6.95. The van der Waals surface area contributed by atoms with Crippen LogP contribution in [0.5, 0.6) is 0 Å². The highest BCUT2D eigenvalue weighted by atomic mass is 35.5. The predicted molar refractivity (Wildman–Crippen MR) is 75.2 cm³/mol. The second-order valence-corrected chi connectivity index (χ2v) is 6.16. The number of hydrogen-bond acceptors (Lipinski definition) is 7. The lowest BCUT2D eigenvalue weighted by molar-refractivity contribution is -0.199. The van der Waals surface area contributed by atoms with Gasteiger partial charge in [0.2, 0.25) is 0 Å². The van der Waals surface area contributed by atoms with E-state index < -0.39 is 18.1 Å². The Labute approximate surface area is 131 Å². The van der Waals surface area contributed by atoms with E-state index in [1.807, 2.05) is 13.8 Å². The monoisotopic (exact) mass is 326 g/mol. The van der Waals surface area contributed by atoms with Crippen LogP contribution in [0.25, 0.3) is 11.2 Å². The van der Waals surface area contributed by atoms with E-state index in [1.54, 1.807) is 10.9 Å². The summed E-state index contributed by atoms with van der Waals surface area (Å²) in [6.07, 6.45) is 1.28. The molecule has 2 aliphatic rings. The maximum absolute atomic E-state index is 9.52. The highest BCUT2D eigenvalue weighted by Gasteiger charge is 2.55. The van der Waals surface area contributed by atoms with E-state index in [2.05, 4.69) is 15.0 Å². The number of rotatable bonds is 2. The third-order valence-electron chi connectivity index (χ3n) is 3.89. The summed E-state index contributed by atoms with van der Waals surface area (Å²) in [4.78, 5) is 12.4. The van der Waals surface area contributed by atoms with Crippen LogP contribution in [0.15, 0.2) is 12.7 Å². The van der Waals surface area contributed by atoms with E-state index in [9.17, 15) is 5.11 Å². The molecule has 0 radical (unpaired) electrons. The van der Waals surface area contributed by atoms with Crippen LogP contribution in [0.1, 0.15) is 20.1 Å². The van der Waals surface area contributed by atoms with Gasteiger partial charge in [0.1, 0.15) is 30.2 Å². The maximum Gasteiger partial charge on any atom is 0.167 e. The molecule has 2 aromatic heterocycles. The molecule has 0 unspecified atom stereocenters. The van der Waals surface area contributed by atoms with Gasteiger partial charge in [-0.3, -0.25) is 4.57 Å². The molecule has 22 heavy (non-hydrogen) atoms. The van der Waals surface area contributed by atoms with Crippen molar-refractivity contribution in [3.63, 3.8) is 0 Å². The van der Waals surface area contributed by atoms with Gasteiger partial charge in [0, 0.05) is 0 Å². The molecule has 0 saturated carbocycles. The molecule has 0 spiro atoms. The Morgan fingerprint density at radius 3 is 2.82 bits per heavy atom. The molecule has 4 heterocycles. The van der Waals surface area contributed by atoms with E-state index in [4.69, 9.17) is 25.8 Å². The molecule has 2 saturated heterocycles. The van der Waals surface area contributed by atoms with Gasteiger partial charge in [0.15, 0.2) is 22.8 Å². The lowest BCUT2D eigenvalue weighted by Gasteiger charge is -2.24. The summed E-state index contributed by atoms with van der Waals surface area (Å²) < 4.78 is 19.4. The Morgan fingerprint density at radius 2 is 2.05 bits per heavy atom. The van der Waals surface area contributed by atoms with E-state index >= 15 is 0 Å². The van der Waals surface area contributed by atoms with Gasteiger partial charge < -0.3 is 19.3 Å². The van der Waals surface area contributed by atoms with Crippen molar-refractivity contribution in [1.82, 2.24) is 19.5 Å². The van der Waals surface area contributed by atoms with Crippen LogP contribution < -0.4 is 0 Å². The van der Waals surface area contributed by atoms with Crippen molar-refractivity contribution in [1.29, 1.82) is 0 Å². The number of aliphatic hydroxyl groups excluding tert-OH is 1. The molecule has 0 bridgehead atoms. The topological polar surface area (TPSA) is 91.5 Å². The summed E-state index contributed by atoms with van der Waals surface area (Å²) in [5.74, 6) is -0.728. The highest BCUT2D eigenvalue weighted by Crippen LogP contribution is 2.43. The smallest absolute Gasteiger partial charge is 0.167 e. The average molecular weight is 327 g/mol. The summed E-state index contributed by atoms with van der Waals surface area (Å²) in [5.41, 5.74) is 1.05. The van der Waals surface area contributed by atoms with Crippen molar-refractivity contribution in [3.8, 4) is 0 Å². The largest absolute Gasteiger partial charge is 0.394 e. The Kier molecular flexibility index (Phi) is 3.14. The second-order valence-electron chi connectivity index (χ2n) is 5.80. The molecule has 2 aliphatic heterocycles. The SMILES string of the molecule is CC1(C)O[C@H]2[C@H](O1)[C@@H](CO)O[C@H]2n1cnc2c(Cl)ncnc21. The van der Waals surface area contributed by atoms with E-state index in [0.29, 0.717) is 11.2 Å². The van der Waals surface area contributed by atoms with Crippen molar-refractivity contribution in [2.24, 2.45) is 0 Å². The average Bonchev–Trinajstić information content (AvgIpc) is 3.10. The van der Waals surface area contributed by atoms with Crippen molar-refractivity contribution >= 4 is 22.8 Å².